The highest BCUT2D eigenvalue weighted by molar-refractivity contribution is 5.88. The number of nitrogens with zero attached hydrogens (tertiary/aromatic N) is 2. The molecular formula is C15H16N2O4. The molecule has 0 aliphatic carbocycles. The van der Waals surface area contributed by atoms with Gasteiger partial charge < -0.3 is 9.84 Å². The molecule has 1 heterocycles. The summed E-state index contributed by atoms with van der Waals surface area (Å²) >= 11 is 0. The van der Waals surface area contributed by atoms with Crippen LogP contribution in [0.1, 0.15) is 24.2 Å². The van der Waals surface area contributed by atoms with Crippen molar-refractivity contribution in [3.63, 3.8) is 0 Å². The van der Waals surface area contributed by atoms with E-state index in [0.717, 1.165) is 11.1 Å². The number of ether oxygens (including phenoxy) is 1. The second-order valence-electron chi connectivity index (χ2n) is 5.11. The Morgan fingerprint density at radius 2 is 1.81 bits per heavy atom. The van der Waals surface area contributed by atoms with E-state index < -0.39 is 17.5 Å². The molecule has 21 heavy (non-hydrogen) atoms. The van der Waals surface area contributed by atoms with Crippen LogP contribution in [0.15, 0.2) is 36.7 Å². The summed E-state index contributed by atoms with van der Waals surface area (Å²) in [5.74, 6) is -1.36. The van der Waals surface area contributed by atoms with Gasteiger partial charge in [0.05, 0.1) is 18.9 Å². The molecule has 110 valence electrons. The van der Waals surface area contributed by atoms with E-state index in [1.54, 1.807) is 38.4 Å². The second-order valence-corrected chi connectivity index (χ2v) is 5.11. The van der Waals surface area contributed by atoms with E-state index in [9.17, 15) is 9.59 Å². The Labute approximate surface area is 122 Å². The molecule has 0 radical (unpaired) electrons. The number of hydrogen-bond donors (Lipinski definition) is 1. The first-order chi connectivity index (χ1) is 9.86. The fourth-order valence-electron chi connectivity index (χ4n) is 1.93. The minimum Gasteiger partial charge on any atom is -0.478 e. The summed E-state index contributed by atoms with van der Waals surface area (Å²) in [5.41, 5.74) is 0.936. The van der Waals surface area contributed by atoms with Crippen LogP contribution >= 0.6 is 0 Å². The van der Waals surface area contributed by atoms with E-state index in [2.05, 4.69) is 5.10 Å². The zero-order valence-electron chi connectivity index (χ0n) is 12.0. The van der Waals surface area contributed by atoms with Crippen molar-refractivity contribution in [2.45, 2.75) is 19.4 Å². The number of carboxylic acids is 1. The van der Waals surface area contributed by atoms with E-state index in [4.69, 9.17) is 9.84 Å². The van der Waals surface area contributed by atoms with Crippen LogP contribution in [-0.4, -0.2) is 33.9 Å². The van der Waals surface area contributed by atoms with Crippen molar-refractivity contribution >= 4 is 11.9 Å². The van der Waals surface area contributed by atoms with Gasteiger partial charge in [-0.05, 0) is 31.5 Å². The first kappa shape index (κ1) is 14.8. The van der Waals surface area contributed by atoms with Crippen molar-refractivity contribution in [1.82, 2.24) is 9.78 Å². The van der Waals surface area contributed by atoms with Crippen molar-refractivity contribution in [1.29, 1.82) is 0 Å². The summed E-state index contributed by atoms with van der Waals surface area (Å²) < 4.78 is 6.29. The molecule has 0 atom stereocenters. The summed E-state index contributed by atoms with van der Waals surface area (Å²) in [5, 5.41) is 13.1. The third-order valence-corrected chi connectivity index (χ3v) is 3.31. The number of carbonyl (C=O) groups excluding carboxylic acids is 1. The lowest BCUT2D eigenvalue weighted by atomic mass is 10.1. The third kappa shape index (κ3) is 2.79. The lowest BCUT2D eigenvalue weighted by molar-refractivity contribution is -0.150. The number of aromatic carboxylic acids is 1. The highest BCUT2D eigenvalue weighted by Gasteiger charge is 2.31. The lowest BCUT2D eigenvalue weighted by Gasteiger charge is -2.21. The van der Waals surface area contributed by atoms with Crippen LogP contribution in [0.2, 0.25) is 0 Å². The van der Waals surface area contributed by atoms with E-state index in [-0.39, 0.29) is 5.56 Å². The lowest BCUT2D eigenvalue weighted by Crippen LogP contribution is -2.37. The van der Waals surface area contributed by atoms with Crippen molar-refractivity contribution in [3.8, 4) is 11.1 Å². The van der Waals surface area contributed by atoms with E-state index in [1.807, 2.05) is 0 Å². The van der Waals surface area contributed by atoms with Crippen LogP contribution in [0.25, 0.3) is 11.1 Å². The second kappa shape index (κ2) is 5.40. The number of methoxy groups -OCH3 is 1. The Bertz CT molecular complexity index is 671. The van der Waals surface area contributed by atoms with Gasteiger partial charge in [0.15, 0.2) is 5.54 Å². The Morgan fingerprint density at radius 1 is 1.19 bits per heavy atom. The normalized spacial score (nSPS) is 11.2. The molecule has 0 amide bonds. The molecule has 0 aliphatic heterocycles. The maximum Gasteiger partial charge on any atom is 0.335 e. The first-order valence-corrected chi connectivity index (χ1v) is 6.33. The predicted molar refractivity (Wildman–Crippen MR) is 76.0 cm³/mol. The van der Waals surface area contributed by atoms with Gasteiger partial charge in [-0.1, -0.05) is 12.1 Å². The average Bonchev–Trinajstić information content (AvgIpc) is 2.97. The van der Waals surface area contributed by atoms with Crippen molar-refractivity contribution in [3.05, 3.63) is 42.2 Å². The molecule has 0 aliphatic rings. The van der Waals surface area contributed by atoms with E-state index in [0.29, 0.717) is 0 Å². The molecule has 0 unspecified atom stereocenters. The Morgan fingerprint density at radius 3 is 2.33 bits per heavy atom. The molecule has 0 saturated heterocycles. The summed E-state index contributed by atoms with van der Waals surface area (Å²) in [7, 11) is 1.33. The Kier molecular flexibility index (Phi) is 3.80. The molecule has 6 heteroatoms. The standard InChI is InChI=1S/C15H16N2O4/c1-15(2,14(20)21-3)17-9-12(8-16-17)10-4-6-11(7-5-10)13(18)19/h4-9H,1-3H3,(H,18,19). The maximum absolute atomic E-state index is 11.8. The van der Waals surface area contributed by atoms with Gasteiger partial charge in [-0.2, -0.15) is 5.10 Å². The minimum absolute atomic E-state index is 0.223. The number of carboxylic acid groups (broad SMARTS) is 1. The first-order valence-electron chi connectivity index (χ1n) is 6.33. The van der Waals surface area contributed by atoms with Gasteiger partial charge in [0, 0.05) is 11.8 Å². The van der Waals surface area contributed by atoms with Gasteiger partial charge >= 0.3 is 11.9 Å². The molecular weight excluding hydrogens is 272 g/mol. The molecule has 0 bridgehead atoms. The smallest absolute Gasteiger partial charge is 0.335 e. The van der Waals surface area contributed by atoms with Gasteiger partial charge in [0.25, 0.3) is 0 Å². The molecule has 0 fully saturated rings. The zero-order valence-corrected chi connectivity index (χ0v) is 12.0. The number of benzene rings is 1. The number of aromatic nitrogens is 2. The topological polar surface area (TPSA) is 81.4 Å². The van der Waals surface area contributed by atoms with Gasteiger partial charge in [0.1, 0.15) is 0 Å². The number of esters is 1. The number of hydrogen-bond acceptors (Lipinski definition) is 4. The largest absolute Gasteiger partial charge is 0.478 e. The fourth-order valence-corrected chi connectivity index (χ4v) is 1.93. The minimum atomic E-state index is -0.968. The van der Waals surface area contributed by atoms with E-state index in [1.165, 1.54) is 23.9 Å². The summed E-state index contributed by atoms with van der Waals surface area (Å²) in [6.07, 6.45) is 3.35. The number of carbonyl (C=O) groups is 2. The van der Waals surface area contributed by atoms with Gasteiger partial charge in [-0.15, -0.1) is 0 Å². The monoisotopic (exact) mass is 288 g/mol. The Balaban J connectivity index is 2.31. The van der Waals surface area contributed by atoms with Crippen LogP contribution in [0.4, 0.5) is 0 Å². The van der Waals surface area contributed by atoms with E-state index >= 15 is 0 Å². The van der Waals surface area contributed by atoms with Gasteiger partial charge in [-0.25, -0.2) is 9.59 Å². The van der Waals surface area contributed by atoms with Gasteiger partial charge in [-0.3, -0.25) is 4.68 Å². The molecule has 1 aromatic carbocycles. The molecule has 0 spiro atoms. The quantitative estimate of drug-likeness (QED) is 0.872. The Hall–Kier alpha value is -2.63. The molecule has 6 nitrogen and oxygen atoms in total. The summed E-state index contributed by atoms with van der Waals surface area (Å²) in [6.45, 7) is 3.42. The van der Waals surface area contributed by atoms with Crippen LogP contribution in [0, 0.1) is 0 Å². The SMILES string of the molecule is COC(=O)C(C)(C)n1cc(-c2ccc(C(=O)O)cc2)cn1. The summed E-state index contributed by atoms with van der Waals surface area (Å²) in [6, 6.07) is 6.47. The molecule has 2 rings (SSSR count). The third-order valence-electron chi connectivity index (χ3n) is 3.31. The van der Waals surface area contributed by atoms with Crippen molar-refractivity contribution in [2.24, 2.45) is 0 Å². The van der Waals surface area contributed by atoms with Crippen LogP contribution < -0.4 is 0 Å². The van der Waals surface area contributed by atoms with Gasteiger partial charge in [0.2, 0.25) is 0 Å². The zero-order chi connectivity index (χ0) is 15.6. The molecule has 2 aromatic rings. The highest BCUT2D eigenvalue weighted by Crippen LogP contribution is 2.23. The van der Waals surface area contributed by atoms with Crippen LogP contribution in [0.3, 0.4) is 0 Å². The van der Waals surface area contributed by atoms with Crippen molar-refractivity contribution in [2.75, 3.05) is 7.11 Å². The van der Waals surface area contributed by atoms with Crippen LogP contribution in [0.5, 0.6) is 0 Å². The molecule has 0 saturated carbocycles. The number of rotatable bonds is 4. The predicted octanol–water partition coefficient (Wildman–Crippen LogP) is 2.16. The van der Waals surface area contributed by atoms with Crippen LogP contribution in [-0.2, 0) is 15.1 Å². The average molecular weight is 288 g/mol. The fraction of sp³-hybridized carbons (Fsp3) is 0.267. The molecule has 1 aromatic heterocycles. The maximum atomic E-state index is 11.8. The molecule has 1 N–H and O–H groups in total. The highest BCUT2D eigenvalue weighted by atomic mass is 16.5. The summed E-state index contributed by atoms with van der Waals surface area (Å²) in [4.78, 5) is 22.6. The van der Waals surface area contributed by atoms with Crippen molar-refractivity contribution < 1.29 is 19.4 Å².